The van der Waals surface area contributed by atoms with E-state index in [9.17, 15) is 4.79 Å². The molecule has 6 nitrogen and oxygen atoms in total. The van der Waals surface area contributed by atoms with Crippen molar-refractivity contribution in [3.05, 3.63) is 12.3 Å². The lowest BCUT2D eigenvalue weighted by atomic mass is 9.97. The van der Waals surface area contributed by atoms with Crippen molar-refractivity contribution in [1.29, 1.82) is 0 Å². The molecule has 0 bridgehead atoms. The first kappa shape index (κ1) is 15.1. The summed E-state index contributed by atoms with van der Waals surface area (Å²) >= 11 is 0. The summed E-state index contributed by atoms with van der Waals surface area (Å²) in [6, 6.07) is 1.93. The second-order valence-electron chi connectivity index (χ2n) is 6.22. The minimum atomic E-state index is -0.674. The van der Waals surface area contributed by atoms with Gasteiger partial charge in [0.25, 0.3) is 0 Å². The second-order valence-corrected chi connectivity index (χ2v) is 6.22. The zero-order valence-electron chi connectivity index (χ0n) is 12.9. The molecular weight excluding hydrogens is 280 g/mol. The predicted molar refractivity (Wildman–Crippen MR) is 85.3 cm³/mol. The lowest BCUT2D eigenvalue weighted by Crippen LogP contribution is -2.37. The number of piperidine rings is 1. The Morgan fingerprint density at radius 1 is 1.05 bits per heavy atom. The van der Waals surface area contributed by atoms with E-state index in [0.29, 0.717) is 12.8 Å². The fourth-order valence-corrected chi connectivity index (χ4v) is 3.29. The Morgan fingerprint density at radius 2 is 1.73 bits per heavy atom. The molecule has 0 unspecified atom stereocenters. The molecule has 1 N–H and O–H groups in total. The quantitative estimate of drug-likeness (QED) is 0.923. The van der Waals surface area contributed by atoms with Gasteiger partial charge in [0, 0.05) is 32.4 Å². The van der Waals surface area contributed by atoms with E-state index in [4.69, 9.17) is 10.1 Å². The molecule has 1 aromatic rings. The van der Waals surface area contributed by atoms with Crippen LogP contribution >= 0.6 is 0 Å². The summed E-state index contributed by atoms with van der Waals surface area (Å²) in [6.07, 6.45) is 8.20. The maximum Gasteiger partial charge on any atom is 0.306 e. The van der Waals surface area contributed by atoms with Gasteiger partial charge in [-0.1, -0.05) is 12.8 Å². The molecule has 6 heteroatoms. The van der Waals surface area contributed by atoms with Crippen molar-refractivity contribution in [2.75, 3.05) is 36.0 Å². The molecule has 0 aliphatic carbocycles. The minimum absolute atomic E-state index is 0.205. The Kier molecular flexibility index (Phi) is 4.75. The van der Waals surface area contributed by atoms with Gasteiger partial charge in [0.2, 0.25) is 5.95 Å². The van der Waals surface area contributed by atoms with E-state index in [1.807, 2.05) is 12.3 Å². The average Bonchev–Trinajstić information content (AvgIpc) is 2.84. The van der Waals surface area contributed by atoms with Crippen LogP contribution in [0.1, 0.15) is 38.5 Å². The zero-order chi connectivity index (χ0) is 15.4. The Bertz CT molecular complexity index is 507. The molecule has 0 aromatic carbocycles. The van der Waals surface area contributed by atoms with E-state index >= 15 is 0 Å². The van der Waals surface area contributed by atoms with Gasteiger partial charge in [-0.2, -0.15) is 4.98 Å². The molecule has 120 valence electrons. The zero-order valence-corrected chi connectivity index (χ0v) is 12.9. The first-order valence-electron chi connectivity index (χ1n) is 8.30. The van der Waals surface area contributed by atoms with Gasteiger partial charge in [0.05, 0.1) is 5.92 Å². The summed E-state index contributed by atoms with van der Waals surface area (Å²) < 4.78 is 0. The van der Waals surface area contributed by atoms with Gasteiger partial charge in [-0.05, 0) is 31.7 Å². The number of carboxylic acids is 1. The van der Waals surface area contributed by atoms with Crippen LogP contribution in [0, 0.1) is 5.92 Å². The highest BCUT2D eigenvalue weighted by Gasteiger charge is 2.25. The molecule has 0 radical (unpaired) electrons. The van der Waals surface area contributed by atoms with E-state index < -0.39 is 5.97 Å². The third kappa shape index (κ3) is 3.48. The number of carbonyl (C=O) groups is 1. The van der Waals surface area contributed by atoms with Gasteiger partial charge >= 0.3 is 5.97 Å². The lowest BCUT2D eigenvalue weighted by Gasteiger charge is -2.31. The van der Waals surface area contributed by atoms with Crippen LogP contribution in [0.3, 0.4) is 0 Å². The van der Waals surface area contributed by atoms with Crippen molar-refractivity contribution in [1.82, 2.24) is 9.97 Å². The number of carboxylic acid groups (broad SMARTS) is 1. The van der Waals surface area contributed by atoms with Gasteiger partial charge in [-0.15, -0.1) is 0 Å². The second kappa shape index (κ2) is 6.94. The summed E-state index contributed by atoms with van der Waals surface area (Å²) in [5.74, 6) is 0.869. The van der Waals surface area contributed by atoms with Crippen LogP contribution in [0.5, 0.6) is 0 Å². The van der Waals surface area contributed by atoms with Crippen LogP contribution in [-0.4, -0.2) is 47.2 Å². The third-order valence-electron chi connectivity index (χ3n) is 4.69. The summed E-state index contributed by atoms with van der Waals surface area (Å²) in [7, 11) is 0. The lowest BCUT2D eigenvalue weighted by molar-refractivity contribution is -0.142. The van der Waals surface area contributed by atoms with Gasteiger partial charge < -0.3 is 14.9 Å². The van der Waals surface area contributed by atoms with Gasteiger partial charge in [0.1, 0.15) is 5.82 Å². The molecule has 0 atom stereocenters. The fourth-order valence-electron chi connectivity index (χ4n) is 3.29. The fraction of sp³-hybridized carbons (Fsp3) is 0.688. The topological polar surface area (TPSA) is 69.6 Å². The molecule has 0 spiro atoms. The minimum Gasteiger partial charge on any atom is -0.481 e. The SMILES string of the molecule is O=C(O)C1CCN(c2ccnc(N3CCCCCC3)n2)CC1. The van der Waals surface area contributed by atoms with Crippen LogP contribution in [0.25, 0.3) is 0 Å². The molecular formula is C16H24N4O2. The standard InChI is InChI=1S/C16H24N4O2/c21-15(22)13-6-11-19(12-7-13)14-5-8-17-16(18-14)20-9-3-1-2-4-10-20/h5,8,13H,1-4,6-7,9-12H2,(H,21,22). The van der Waals surface area contributed by atoms with Crippen LogP contribution < -0.4 is 9.80 Å². The number of hydrogen-bond donors (Lipinski definition) is 1. The highest BCUT2D eigenvalue weighted by molar-refractivity contribution is 5.70. The van der Waals surface area contributed by atoms with Crippen LogP contribution in [-0.2, 0) is 4.79 Å². The van der Waals surface area contributed by atoms with E-state index in [-0.39, 0.29) is 5.92 Å². The average molecular weight is 304 g/mol. The van der Waals surface area contributed by atoms with E-state index in [0.717, 1.165) is 37.9 Å². The molecule has 3 rings (SSSR count). The van der Waals surface area contributed by atoms with Crippen molar-refractivity contribution < 1.29 is 9.90 Å². The number of nitrogens with zero attached hydrogens (tertiary/aromatic N) is 4. The van der Waals surface area contributed by atoms with E-state index in [1.165, 1.54) is 25.7 Å². The molecule has 2 aliphatic rings. The number of aromatic nitrogens is 2. The van der Waals surface area contributed by atoms with Crippen LogP contribution in [0.15, 0.2) is 12.3 Å². The van der Waals surface area contributed by atoms with Gasteiger partial charge in [-0.3, -0.25) is 4.79 Å². The highest BCUT2D eigenvalue weighted by atomic mass is 16.4. The third-order valence-corrected chi connectivity index (χ3v) is 4.69. The first-order valence-corrected chi connectivity index (χ1v) is 8.30. The number of rotatable bonds is 3. The molecule has 0 amide bonds. The van der Waals surface area contributed by atoms with Crippen molar-refractivity contribution in [2.45, 2.75) is 38.5 Å². The molecule has 0 saturated carbocycles. The number of hydrogen-bond acceptors (Lipinski definition) is 5. The number of anilines is 2. The van der Waals surface area contributed by atoms with Crippen molar-refractivity contribution >= 4 is 17.7 Å². The molecule has 1 aromatic heterocycles. The maximum atomic E-state index is 11.0. The van der Waals surface area contributed by atoms with Crippen LogP contribution in [0.4, 0.5) is 11.8 Å². The smallest absolute Gasteiger partial charge is 0.306 e. The molecule has 2 saturated heterocycles. The Morgan fingerprint density at radius 3 is 2.36 bits per heavy atom. The Hall–Kier alpha value is -1.85. The Balaban J connectivity index is 1.67. The predicted octanol–water partition coefficient (Wildman–Crippen LogP) is 2.16. The van der Waals surface area contributed by atoms with Gasteiger partial charge in [-0.25, -0.2) is 4.98 Å². The summed E-state index contributed by atoms with van der Waals surface area (Å²) in [5, 5.41) is 9.09. The molecule has 2 fully saturated rings. The van der Waals surface area contributed by atoms with Crippen molar-refractivity contribution in [3.8, 4) is 0 Å². The first-order chi connectivity index (χ1) is 10.7. The largest absolute Gasteiger partial charge is 0.481 e. The molecule has 2 aliphatic heterocycles. The summed E-state index contributed by atoms with van der Waals surface area (Å²) in [4.78, 5) is 24.7. The highest BCUT2D eigenvalue weighted by Crippen LogP contribution is 2.24. The van der Waals surface area contributed by atoms with Crippen LogP contribution in [0.2, 0.25) is 0 Å². The Labute approximate surface area is 131 Å². The van der Waals surface area contributed by atoms with Crippen molar-refractivity contribution in [2.24, 2.45) is 5.92 Å². The monoisotopic (exact) mass is 304 g/mol. The molecule has 3 heterocycles. The summed E-state index contributed by atoms with van der Waals surface area (Å²) in [5.41, 5.74) is 0. The van der Waals surface area contributed by atoms with Crippen molar-refractivity contribution in [3.63, 3.8) is 0 Å². The maximum absolute atomic E-state index is 11.0. The van der Waals surface area contributed by atoms with E-state index in [2.05, 4.69) is 14.8 Å². The normalized spacial score (nSPS) is 20.7. The summed E-state index contributed by atoms with van der Waals surface area (Å²) in [6.45, 7) is 3.58. The van der Waals surface area contributed by atoms with Gasteiger partial charge in [0.15, 0.2) is 0 Å². The van der Waals surface area contributed by atoms with E-state index in [1.54, 1.807) is 0 Å². The molecule has 22 heavy (non-hydrogen) atoms. The number of aliphatic carboxylic acids is 1.